The average Bonchev–Trinajstić information content (AvgIpc) is 2.25. The lowest BCUT2D eigenvalue weighted by molar-refractivity contribution is -0.161. The molecule has 120 valence electrons. The Hall–Kier alpha value is -0.730. The van der Waals surface area contributed by atoms with E-state index in [4.69, 9.17) is 9.47 Å². The zero-order chi connectivity index (χ0) is 16.0. The van der Waals surface area contributed by atoms with Gasteiger partial charge in [0.25, 0.3) is 0 Å². The summed E-state index contributed by atoms with van der Waals surface area (Å²) < 4.78 is 11.1. The van der Waals surface area contributed by atoms with Gasteiger partial charge < -0.3 is 9.47 Å². The van der Waals surface area contributed by atoms with Gasteiger partial charge in [-0.15, -0.1) is 0 Å². The minimum atomic E-state index is -0.531. The Morgan fingerprint density at radius 3 is 1.75 bits per heavy atom. The fourth-order valence-corrected chi connectivity index (χ4v) is 3.06. The van der Waals surface area contributed by atoms with E-state index in [9.17, 15) is 4.79 Å². The summed E-state index contributed by atoms with van der Waals surface area (Å²) in [7, 11) is 0. The highest BCUT2D eigenvalue weighted by Crippen LogP contribution is 2.50. The second-order valence-corrected chi connectivity index (χ2v) is 7.63. The van der Waals surface area contributed by atoms with Crippen LogP contribution in [-0.2, 0) is 9.47 Å². The Balaban J connectivity index is 5.17. The first-order valence-electron chi connectivity index (χ1n) is 7.87. The third-order valence-electron chi connectivity index (χ3n) is 4.00. The Morgan fingerprint density at radius 2 is 1.40 bits per heavy atom. The molecule has 0 N–H and O–H groups in total. The number of carbonyl (C=O) groups is 1. The first kappa shape index (κ1) is 19.3. The summed E-state index contributed by atoms with van der Waals surface area (Å²) in [6.45, 7) is 17.4. The zero-order valence-corrected chi connectivity index (χ0v) is 14.8. The molecule has 0 atom stereocenters. The summed E-state index contributed by atoms with van der Waals surface area (Å²) in [5.41, 5.74) is -0.825. The van der Waals surface area contributed by atoms with E-state index < -0.39 is 11.8 Å². The smallest absolute Gasteiger partial charge is 0.434 e. The molecule has 0 aromatic rings. The maximum absolute atomic E-state index is 12.1. The van der Waals surface area contributed by atoms with Gasteiger partial charge in [0, 0.05) is 10.8 Å². The average molecular weight is 286 g/mol. The van der Waals surface area contributed by atoms with Crippen molar-refractivity contribution in [2.75, 3.05) is 6.61 Å². The third-order valence-corrected chi connectivity index (χ3v) is 4.00. The topological polar surface area (TPSA) is 35.5 Å². The largest absolute Gasteiger partial charge is 0.508 e. The fraction of sp³-hybridized carbons (Fsp3) is 0.941. The van der Waals surface area contributed by atoms with E-state index in [1.165, 1.54) is 0 Å². The predicted molar refractivity (Wildman–Crippen MR) is 83.9 cm³/mol. The van der Waals surface area contributed by atoms with Crippen LogP contribution < -0.4 is 0 Å². The van der Waals surface area contributed by atoms with Crippen molar-refractivity contribution in [1.82, 2.24) is 0 Å². The van der Waals surface area contributed by atoms with Crippen LogP contribution in [0.25, 0.3) is 0 Å². The van der Waals surface area contributed by atoms with Crippen LogP contribution in [0.4, 0.5) is 4.79 Å². The van der Waals surface area contributed by atoms with Crippen molar-refractivity contribution in [3.63, 3.8) is 0 Å². The minimum Gasteiger partial charge on any atom is -0.434 e. The van der Waals surface area contributed by atoms with Gasteiger partial charge in [0.05, 0.1) is 6.61 Å². The molecular weight excluding hydrogens is 252 g/mol. The monoisotopic (exact) mass is 286 g/mol. The normalized spacial score (nSPS) is 13.2. The summed E-state index contributed by atoms with van der Waals surface area (Å²) in [6.07, 6.45) is 3.16. The summed E-state index contributed by atoms with van der Waals surface area (Å²) >= 11 is 0. The zero-order valence-electron chi connectivity index (χ0n) is 14.8. The summed E-state index contributed by atoms with van der Waals surface area (Å²) in [4.78, 5) is 12.1. The lowest BCUT2D eigenvalue weighted by atomic mass is 9.60. The van der Waals surface area contributed by atoms with E-state index in [0.29, 0.717) is 6.61 Å². The Labute approximate surface area is 125 Å². The van der Waals surface area contributed by atoms with Gasteiger partial charge in [-0.25, -0.2) is 4.79 Å². The highest BCUT2D eigenvalue weighted by molar-refractivity contribution is 5.61. The number of hydrogen-bond donors (Lipinski definition) is 0. The van der Waals surface area contributed by atoms with Crippen molar-refractivity contribution in [3.05, 3.63) is 0 Å². The molecule has 0 unspecified atom stereocenters. The molecule has 0 radical (unpaired) electrons. The van der Waals surface area contributed by atoms with Crippen molar-refractivity contribution in [3.8, 4) is 0 Å². The van der Waals surface area contributed by atoms with Gasteiger partial charge >= 0.3 is 6.16 Å². The molecule has 0 amide bonds. The first-order valence-corrected chi connectivity index (χ1v) is 7.87. The van der Waals surface area contributed by atoms with Crippen LogP contribution in [0.15, 0.2) is 0 Å². The Morgan fingerprint density at radius 1 is 0.900 bits per heavy atom. The molecule has 0 fully saturated rings. The van der Waals surface area contributed by atoms with Crippen molar-refractivity contribution in [1.29, 1.82) is 0 Å². The van der Waals surface area contributed by atoms with Crippen LogP contribution in [0.3, 0.4) is 0 Å². The molecule has 0 aromatic carbocycles. The SMILES string of the molecule is CCCCOC(=O)OC(CCC)(C(C)(C)C)C(C)(C)C. The number of ether oxygens (including phenoxy) is 2. The molecule has 0 spiro atoms. The van der Waals surface area contributed by atoms with Crippen molar-refractivity contribution in [2.45, 2.75) is 86.7 Å². The molecule has 0 aliphatic rings. The molecule has 0 bridgehead atoms. The number of hydrogen-bond acceptors (Lipinski definition) is 3. The van der Waals surface area contributed by atoms with Crippen LogP contribution in [0.2, 0.25) is 0 Å². The van der Waals surface area contributed by atoms with E-state index in [1.54, 1.807) is 0 Å². The molecule has 0 heterocycles. The molecule has 3 nitrogen and oxygen atoms in total. The first-order chi connectivity index (χ1) is 9.02. The van der Waals surface area contributed by atoms with E-state index in [0.717, 1.165) is 25.7 Å². The molecular formula is C17H34O3. The quantitative estimate of drug-likeness (QED) is 0.473. The van der Waals surface area contributed by atoms with Crippen molar-refractivity contribution in [2.24, 2.45) is 10.8 Å². The highest BCUT2D eigenvalue weighted by Gasteiger charge is 2.53. The van der Waals surface area contributed by atoms with Gasteiger partial charge in [-0.3, -0.25) is 0 Å². The maximum Gasteiger partial charge on any atom is 0.508 e. The molecule has 0 rings (SSSR count). The Kier molecular flexibility index (Phi) is 7.06. The number of carbonyl (C=O) groups excluding carboxylic acids is 1. The van der Waals surface area contributed by atoms with Gasteiger partial charge in [0.2, 0.25) is 0 Å². The lowest BCUT2D eigenvalue weighted by Crippen LogP contribution is -2.56. The Bertz CT molecular complexity index is 280. The summed E-state index contributed by atoms with van der Waals surface area (Å²) in [5, 5.41) is 0. The van der Waals surface area contributed by atoms with E-state index in [1.807, 2.05) is 0 Å². The molecule has 0 aliphatic carbocycles. The number of unbranched alkanes of at least 4 members (excludes halogenated alkanes) is 1. The van der Waals surface area contributed by atoms with Crippen LogP contribution in [0, 0.1) is 10.8 Å². The molecule has 3 heteroatoms. The maximum atomic E-state index is 12.1. The fourth-order valence-electron chi connectivity index (χ4n) is 3.06. The van der Waals surface area contributed by atoms with Gasteiger partial charge in [0.1, 0.15) is 5.60 Å². The number of rotatable bonds is 6. The molecule has 0 aliphatic heterocycles. The van der Waals surface area contributed by atoms with Gasteiger partial charge in [0.15, 0.2) is 0 Å². The van der Waals surface area contributed by atoms with E-state index in [2.05, 4.69) is 55.4 Å². The summed E-state index contributed by atoms with van der Waals surface area (Å²) in [6, 6.07) is 0. The van der Waals surface area contributed by atoms with Crippen molar-refractivity contribution < 1.29 is 14.3 Å². The third kappa shape index (κ3) is 4.68. The molecule has 0 saturated heterocycles. The second-order valence-electron chi connectivity index (χ2n) is 7.63. The molecule has 20 heavy (non-hydrogen) atoms. The minimum absolute atomic E-state index is 0.148. The van der Waals surface area contributed by atoms with E-state index >= 15 is 0 Å². The van der Waals surface area contributed by atoms with Crippen molar-refractivity contribution >= 4 is 6.16 Å². The van der Waals surface area contributed by atoms with Gasteiger partial charge in [-0.1, -0.05) is 68.2 Å². The van der Waals surface area contributed by atoms with Crippen LogP contribution in [-0.4, -0.2) is 18.4 Å². The van der Waals surface area contributed by atoms with E-state index in [-0.39, 0.29) is 10.8 Å². The second kappa shape index (κ2) is 7.33. The molecule has 0 aromatic heterocycles. The summed E-state index contributed by atoms with van der Waals surface area (Å²) in [5.74, 6) is 0. The molecule has 0 saturated carbocycles. The van der Waals surface area contributed by atoms with Gasteiger partial charge in [-0.05, 0) is 12.8 Å². The van der Waals surface area contributed by atoms with Gasteiger partial charge in [-0.2, -0.15) is 0 Å². The predicted octanol–water partition coefficient (Wildman–Crippen LogP) is 5.57. The van der Waals surface area contributed by atoms with Crippen LogP contribution in [0.1, 0.15) is 81.1 Å². The standard InChI is InChI=1S/C17H34O3/c1-9-11-13-19-14(18)20-17(12-10-2,15(3,4)5)16(6,7)8/h9-13H2,1-8H3. The van der Waals surface area contributed by atoms with Crippen LogP contribution in [0.5, 0.6) is 0 Å². The van der Waals surface area contributed by atoms with Crippen LogP contribution >= 0.6 is 0 Å². The highest BCUT2D eigenvalue weighted by atomic mass is 16.7. The lowest BCUT2D eigenvalue weighted by Gasteiger charge is -2.52.